The molecule has 7 heteroatoms. The topological polar surface area (TPSA) is 61.4 Å². The second kappa shape index (κ2) is 9.34. The minimum absolute atomic E-state index is 0.217. The number of benzene rings is 2. The van der Waals surface area contributed by atoms with Crippen LogP contribution in [0, 0.1) is 26.6 Å². The van der Waals surface area contributed by atoms with Gasteiger partial charge in [0.15, 0.2) is 0 Å². The Balaban J connectivity index is 1.47. The zero-order chi connectivity index (χ0) is 22.7. The molecule has 32 heavy (non-hydrogen) atoms. The molecule has 4 rings (SSSR count). The number of nitrogens with zero attached hydrogens (tertiary/aromatic N) is 4. The number of aryl methyl sites for hydroxylation is 3. The predicted molar refractivity (Wildman–Crippen MR) is 125 cm³/mol. The highest BCUT2D eigenvalue weighted by Crippen LogP contribution is 2.25. The molecule has 2 heterocycles. The molecule has 0 spiro atoms. The van der Waals surface area contributed by atoms with E-state index in [1.165, 1.54) is 23.3 Å². The van der Waals surface area contributed by atoms with Crippen LogP contribution in [0.15, 0.2) is 48.5 Å². The molecule has 1 aliphatic rings. The van der Waals surface area contributed by atoms with E-state index in [1.54, 1.807) is 17.0 Å². The summed E-state index contributed by atoms with van der Waals surface area (Å²) in [5.41, 5.74) is 5.02. The second-order valence-corrected chi connectivity index (χ2v) is 8.24. The first-order valence-corrected chi connectivity index (χ1v) is 10.8. The van der Waals surface area contributed by atoms with Crippen molar-refractivity contribution in [1.82, 2.24) is 14.9 Å². The third-order valence-electron chi connectivity index (χ3n) is 5.75. The summed E-state index contributed by atoms with van der Waals surface area (Å²) < 4.78 is 13.4. The Morgan fingerprint density at radius 1 is 1.00 bits per heavy atom. The first-order chi connectivity index (χ1) is 15.4. The van der Waals surface area contributed by atoms with Crippen LogP contribution < -0.4 is 10.2 Å². The van der Waals surface area contributed by atoms with Gasteiger partial charge in [-0.15, -0.1) is 0 Å². The number of hydrogen-bond donors (Lipinski definition) is 1. The molecule has 166 valence electrons. The molecule has 0 aliphatic carbocycles. The number of piperazine rings is 1. The van der Waals surface area contributed by atoms with Crippen molar-refractivity contribution in [1.29, 1.82) is 0 Å². The van der Waals surface area contributed by atoms with Crippen LogP contribution in [-0.4, -0.2) is 47.1 Å². The van der Waals surface area contributed by atoms with Gasteiger partial charge in [0.2, 0.25) is 0 Å². The van der Waals surface area contributed by atoms with Crippen LogP contribution in [0.5, 0.6) is 0 Å². The van der Waals surface area contributed by atoms with E-state index in [2.05, 4.69) is 46.4 Å². The molecule has 0 radical (unpaired) electrons. The van der Waals surface area contributed by atoms with Gasteiger partial charge >= 0.3 is 6.03 Å². The van der Waals surface area contributed by atoms with Crippen LogP contribution >= 0.6 is 0 Å². The number of carbonyl (C=O) groups is 1. The predicted octanol–water partition coefficient (Wildman–Crippen LogP) is 4.49. The number of nitrogens with one attached hydrogen (secondary N) is 1. The zero-order valence-electron chi connectivity index (χ0n) is 18.7. The molecular weight excluding hydrogens is 405 g/mol. The Hall–Kier alpha value is -3.48. The molecule has 3 aromatic rings. The fraction of sp³-hybridized carbons (Fsp3) is 0.320. The normalized spacial score (nSPS) is 13.9. The number of carbonyl (C=O) groups excluding carboxylic acids is 1. The van der Waals surface area contributed by atoms with Gasteiger partial charge in [-0.1, -0.05) is 35.9 Å². The molecule has 6 nitrogen and oxygen atoms in total. The Kier molecular flexibility index (Phi) is 6.35. The van der Waals surface area contributed by atoms with E-state index in [1.807, 2.05) is 13.8 Å². The fourth-order valence-corrected chi connectivity index (χ4v) is 3.99. The van der Waals surface area contributed by atoms with Crippen LogP contribution in [0.25, 0.3) is 0 Å². The number of rotatable bonds is 4. The Morgan fingerprint density at radius 2 is 1.72 bits per heavy atom. The van der Waals surface area contributed by atoms with Crippen LogP contribution in [0.4, 0.5) is 20.7 Å². The van der Waals surface area contributed by atoms with Crippen LogP contribution in [0.3, 0.4) is 0 Å². The maximum absolute atomic E-state index is 13.4. The quantitative estimate of drug-likeness (QED) is 0.659. The second-order valence-electron chi connectivity index (χ2n) is 8.24. The molecule has 0 atom stereocenters. The van der Waals surface area contributed by atoms with Crippen LogP contribution in [-0.2, 0) is 6.42 Å². The summed E-state index contributed by atoms with van der Waals surface area (Å²) in [5, 5.41) is 2.78. The van der Waals surface area contributed by atoms with E-state index in [-0.39, 0.29) is 11.8 Å². The zero-order valence-corrected chi connectivity index (χ0v) is 18.7. The van der Waals surface area contributed by atoms with Crippen molar-refractivity contribution in [2.45, 2.75) is 27.2 Å². The van der Waals surface area contributed by atoms with E-state index in [0.717, 1.165) is 29.3 Å². The molecule has 0 saturated carbocycles. The lowest BCUT2D eigenvalue weighted by Crippen LogP contribution is -2.50. The van der Waals surface area contributed by atoms with Crippen molar-refractivity contribution in [3.05, 3.63) is 82.6 Å². The highest BCUT2D eigenvalue weighted by atomic mass is 19.1. The monoisotopic (exact) mass is 433 g/mol. The Morgan fingerprint density at radius 3 is 2.41 bits per heavy atom. The number of hydrogen-bond acceptors (Lipinski definition) is 4. The van der Waals surface area contributed by atoms with Crippen LogP contribution in [0.2, 0.25) is 0 Å². The number of urea groups is 1. The van der Waals surface area contributed by atoms with E-state index in [4.69, 9.17) is 4.98 Å². The highest BCUT2D eigenvalue weighted by Gasteiger charge is 2.25. The van der Waals surface area contributed by atoms with Gasteiger partial charge in [-0.25, -0.2) is 19.2 Å². The third kappa shape index (κ3) is 5.04. The third-order valence-corrected chi connectivity index (χ3v) is 5.75. The van der Waals surface area contributed by atoms with E-state index < -0.39 is 0 Å². The lowest BCUT2D eigenvalue weighted by Gasteiger charge is -2.36. The average Bonchev–Trinajstić information content (AvgIpc) is 2.77. The molecule has 0 unspecified atom stereocenters. The maximum Gasteiger partial charge on any atom is 0.321 e. The van der Waals surface area contributed by atoms with Crippen molar-refractivity contribution < 1.29 is 9.18 Å². The summed E-state index contributed by atoms with van der Waals surface area (Å²) in [6, 6.07) is 14.3. The number of aromatic nitrogens is 2. The maximum atomic E-state index is 13.4. The lowest BCUT2D eigenvalue weighted by molar-refractivity contribution is 0.208. The van der Waals surface area contributed by atoms with Gasteiger partial charge in [0.1, 0.15) is 17.5 Å². The molecule has 0 bridgehead atoms. The summed E-state index contributed by atoms with van der Waals surface area (Å²) >= 11 is 0. The summed E-state index contributed by atoms with van der Waals surface area (Å²) in [6.45, 7) is 8.50. The first-order valence-electron chi connectivity index (χ1n) is 10.8. The molecule has 1 fully saturated rings. The van der Waals surface area contributed by atoms with Crippen LogP contribution in [0.1, 0.15) is 28.2 Å². The SMILES string of the molecule is Cc1ccc(Cc2c(C)nc(C)nc2N2CCN(C(=O)Nc3cccc(F)c3)CC2)cc1. The standard InChI is InChI=1S/C25H28FN5O/c1-17-7-9-20(10-8-17)15-23-18(2)27-19(3)28-24(23)30-11-13-31(14-12-30)25(32)29-22-6-4-5-21(26)16-22/h4-10,16H,11-15H2,1-3H3,(H,29,32). The van der Waals surface area contributed by atoms with Gasteiger partial charge in [0.05, 0.1) is 0 Å². The van der Waals surface area contributed by atoms with Crippen molar-refractivity contribution in [3.8, 4) is 0 Å². The highest BCUT2D eigenvalue weighted by molar-refractivity contribution is 5.89. The molecule has 2 amide bonds. The first kappa shape index (κ1) is 21.7. The average molecular weight is 434 g/mol. The van der Waals surface area contributed by atoms with Crippen molar-refractivity contribution in [3.63, 3.8) is 0 Å². The van der Waals surface area contributed by atoms with Gasteiger partial charge in [-0.3, -0.25) is 0 Å². The van der Waals surface area contributed by atoms with E-state index in [0.29, 0.717) is 31.9 Å². The van der Waals surface area contributed by atoms with Gasteiger partial charge in [0.25, 0.3) is 0 Å². The Bertz CT molecular complexity index is 1110. The van der Waals surface area contributed by atoms with Crippen molar-refractivity contribution in [2.24, 2.45) is 0 Å². The van der Waals surface area contributed by atoms with Gasteiger partial charge in [0, 0.05) is 49.5 Å². The largest absolute Gasteiger partial charge is 0.353 e. The van der Waals surface area contributed by atoms with Gasteiger partial charge < -0.3 is 15.1 Å². The molecule has 2 aromatic carbocycles. The molecular formula is C25H28FN5O. The fourth-order valence-electron chi connectivity index (χ4n) is 3.99. The van der Waals surface area contributed by atoms with E-state index in [9.17, 15) is 9.18 Å². The Labute approximate surface area is 188 Å². The van der Waals surface area contributed by atoms with Crippen molar-refractivity contribution in [2.75, 3.05) is 36.4 Å². The smallest absolute Gasteiger partial charge is 0.321 e. The summed E-state index contributed by atoms with van der Waals surface area (Å²) in [4.78, 5) is 26.0. The van der Waals surface area contributed by atoms with Gasteiger partial charge in [-0.05, 0) is 44.5 Å². The summed E-state index contributed by atoms with van der Waals surface area (Å²) in [5.74, 6) is 1.32. The molecule has 1 aliphatic heterocycles. The minimum atomic E-state index is -0.372. The van der Waals surface area contributed by atoms with Crippen molar-refractivity contribution >= 4 is 17.5 Å². The minimum Gasteiger partial charge on any atom is -0.353 e. The number of amides is 2. The molecule has 1 saturated heterocycles. The van der Waals surface area contributed by atoms with E-state index >= 15 is 0 Å². The summed E-state index contributed by atoms with van der Waals surface area (Å²) in [7, 11) is 0. The number of anilines is 2. The number of halogens is 1. The molecule has 1 aromatic heterocycles. The molecule has 1 N–H and O–H groups in total. The lowest BCUT2D eigenvalue weighted by atomic mass is 10.0. The van der Waals surface area contributed by atoms with Gasteiger partial charge in [-0.2, -0.15) is 0 Å². The summed E-state index contributed by atoms with van der Waals surface area (Å²) in [6.07, 6.45) is 0.766.